The highest BCUT2D eigenvalue weighted by atomic mass is 16.5. The molecule has 1 aromatic rings. The van der Waals surface area contributed by atoms with Crippen LogP contribution in [0.3, 0.4) is 0 Å². The summed E-state index contributed by atoms with van der Waals surface area (Å²) < 4.78 is 10.7. The number of carbonyl (C=O) groups is 2. The number of nitrogens with one attached hydrogen (secondary N) is 1. The second-order valence-electron chi connectivity index (χ2n) is 5.15. The molecule has 0 radical (unpaired) electrons. The number of carboxylic acids is 1. The van der Waals surface area contributed by atoms with E-state index < -0.39 is 12.1 Å². The van der Waals surface area contributed by atoms with Crippen LogP contribution in [0.25, 0.3) is 0 Å². The zero-order chi connectivity index (χ0) is 16.5. The van der Waals surface area contributed by atoms with Gasteiger partial charge in [0.05, 0.1) is 13.7 Å². The molecule has 1 aromatic carbocycles. The highest BCUT2D eigenvalue weighted by Gasteiger charge is 2.16. The van der Waals surface area contributed by atoms with E-state index in [4.69, 9.17) is 14.6 Å². The molecule has 0 spiro atoms. The van der Waals surface area contributed by atoms with Crippen molar-refractivity contribution < 1.29 is 24.2 Å². The van der Waals surface area contributed by atoms with E-state index in [2.05, 4.69) is 5.32 Å². The van der Waals surface area contributed by atoms with Gasteiger partial charge in [-0.2, -0.15) is 0 Å². The Hall–Kier alpha value is -2.08. The van der Waals surface area contributed by atoms with E-state index >= 15 is 0 Å². The molecular formula is C16H23NO5. The number of benzene rings is 1. The van der Waals surface area contributed by atoms with E-state index in [1.54, 1.807) is 21.0 Å². The van der Waals surface area contributed by atoms with Gasteiger partial charge in [-0.05, 0) is 38.0 Å². The Labute approximate surface area is 130 Å². The van der Waals surface area contributed by atoms with Gasteiger partial charge in [0.15, 0.2) is 0 Å². The summed E-state index contributed by atoms with van der Waals surface area (Å²) in [7, 11) is 1.59. The quantitative estimate of drug-likeness (QED) is 0.728. The summed E-state index contributed by atoms with van der Waals surface area (Å²) in [6.07, 6.45) is -0.192. The number of hydrogen-bond donors (Lipinski definition) is 2. The largest absolute Gasteiger partial charge is 0.497 e. The second-order valence-corrected chi connectivity index (χ2v) is 5.15. The van der Waals surface area contributed by atoms with Crippen molar-refractivity contribution in [2.75, 3.05) is 7.11 Å². The minimum Gasteiger partial charge on any atom is -0.497 e. The van der Waals surface area contributed by atoms with Crippen molar-refractivity contribution >= 4 is 11.9 Å². The number of carbonyl (C=O) groups excluding carboxylic acids is 1. The maximum absolute atomic E-state index is 11.9. The molecule has 0 aliphatic carbocycles. The van der Waals surface area contributed by atoms with Crippen LogP contribution in [0.5, 0.6) is 5.75 Å². The lowest BCUT2D eigenvalue weighted by molar-refractivity contribution is -0.138. The lowest BCUT2D eigenvalue weighted by Gasteiger charge is -2.17. The lowest BCUT2D eigenvalue weighted by atomic mass is 10.2. The van der Waals surface area contributed by atoms with Gasteiger partial charge in [0.2, 0.25) is 5.91 Å². The van der Waals surface area contributed by atoms with E-state index in [9.17, 15) is 9.59 Å². The average molecular weight is 309 g/mol. The Bertz CT molecular complexity index is 503. The molecule has 0 saturated heterocycles. The SMILES string of the molecule is COc1cccc(COC(C)C(=O)NC(C)CCC(=O)O)c1. The molecule has 2 atom stereocenters. The maximum Gasteiger partial charge on any atom is 0.303 e. The number of methoxy groups -OCH3 is 1. The Morgan fingerprint density at radius 3 is 2.68 bits per heavy atom. The average Bonchev–Trinajstić information content (AvgIpc) is 2.50. The van der Waals surface area contributed by atoms with Crippen LogP contribution in [0.15, 0.2) is 24.3 Å². The first-order valence-corrected chi connectivity index (χ1v) is 7.19. The van der Waals surface area contributed by atoms with Crippen molar-refractivity contribution in [1.29, 1.82) is 0 Å². The Morgan fingerprint density at radius 1 is 1.32 bits per heavy atom. The fourth-order valence-electron chi connectivity index (χ4n) is 1.83. The molecule has 0 bridgehead atoms. The third kappa shape index (κ3) is 6.58. The van der Waals surface area contributed by atoms with Gasteiger partial charge in [0.25, 0.3) is 0 Å². The fourth-order valence-corrected chi connectivity index (χ4v) is 1.83. The molecule has 6 nitrogen and oxygen atoms in total. The van der Waals surface area contributed by atoms with E-state index in [0.717, 1.165) is 11.3 Å². The van der Waals surface area contributed by atoms with Crippen LogP contribution < -0.4 is 10.1 Å². The standard InChI is InChI=1S/C16H23NO5/c1-11(7-8-15(18)19)17-16(20)12(2)22-10-13-5-4-6-14(9-13)21-3/h4-6,9,11-12H,7-8,10H2,1-3H3,(H,17,20)(H,18,19). The van der Waals surface area contributed by atoms with Crippen molar-refractivity contribution in [3.8, 4) is 5.75 Å². The molecule has 2 unspecified atom stereocenters. The molecule has 0 aromatic heterocycles. The molecule has 22 heavy (non-hydrogen) atoms. The topological polar surface area (TPSA) is 84.9 Å². The van der Waals surface area contributed by atoms with Gasteiger partial charge in [-0.15, -0.1) is 0 Å². The van der Waals surface area contributed by atoms with E-state index in [0.29, 0.717) is 13.0 Å². The highest BCUT2D eigenvalue weighted by molar-refractivity contribution is 5.80. The molecule has 0 aliphatic heterocycles. The number of amides is 1. The number of aliphatic carboxylic acids is 1. The predicted octanol–water partition coefficient (Wildman–Crippen LogP) is 1.97. The van der Waals surface area contributed by atoms with Crippen LogP contribution in [-0.2, 0) is 20.9 Å². The summed E-state index contributed by atoms with van der Waals surface area (Å²) in [5.74, 6) is -0.385. The van der Waals surface area contributed by atoms with Gasteiger partial charge in [0, 0.05) is 12.5 Å². The van der Waals surface area contributed by atoms with Crippen LogP contribution in [0, 0.1) is 0 Å². The van der Waals surface area contributed by atoms with Crippen molar-refractivity contribution in [2.45, 2.75) is 45.4 Å². The molecule has 0 aliphatic rings. The van der Waals surface area contributed by atoms with Crippen molar-refractivity contribution in [3.05, 3.63) is 29.8 Å². The molecule has 1 rings (SSSR count). The Morgan fingerprint density at radius 2 is 2.05 bits per heavy atom. The smallest absolute Gasteiger partial charge is 0.303 e. The first-order chi connectivity index (χ1) is 10.4. The van der Waals surface area contributed by atoms with Gasteiger partial charge in [0.1, 0.15) is 11.9 Å². The molecule has 1 amide bonds. The number of rotatable bonds is 9. The first kappa shape index (κ1) is 18.0. The molecule has 0 saturated carbocycles. The van der Waals surface area contributed by atoms with Crippen LogP contribution in [0.4, 0.5) is 0 Å². The summed E-state index contributed by atoms with van der Waals surface area (Å²) in [5.41, 5.74) is 0.915. The molecule has 6 heteroatoms. The zero-order valence-corrected chi connectivity index (χ0v) is 13.2. The van der Waals surface area contributed by atoms with Gasteiger partial charge < -0.3 is 19.9 Å². The molecular weight excluding hydrogens is 286 g/mol. The van der Waals surface area contributed by atoms with Gasteiger partial charge in [-0.3, -0.25) is 9.59 Å². The number of hydrogen-bond acceptors (Lipinski definition) is 4. The summed E-state index contributed by atoms with van der Waals surface area (Å²) in [6, 6.07) is 7.23. The fraction of sp³-hybridized carbons (Fsp3) is 0.500. The molecule has 122 valence electrons. The lowest BCUT2D eigenvalue weighted by Crippen LogP contribution is -2.40. The van der Waals surface area contributed by atoms with Gasteiger partial charge in [-0.25, -0.2) is 0 Å². The van der Waals surface area contributed by atoms with Crippen molar-refractivity contribution in [3.63, 3.8) is 0 Å². The van der Waals surface area contributed by atoms with Crippen LogP contribution in [0.2, 0.25) is 0 Å². The Kier molecular flexibility index (Phi) is 7.39. The maximum atomic E-state index is 11.9. The minimum absolute atomic E-state index is 0.0283. The molecule has 0 heterocycles. The van der Waals surface area contributed by atoms with Crippen LogP contribution in [-0.4, -0.2) is 36.2 Å². The van der Waals surface area contributed by atoms with E-state index in [-0.39, 0.29) is 18.4 Å². The van der Waals surface area contributed by atoms with Gasteiger partial charge in [-0.1, -0.05) is 12.1 Å². The third-order valence-electron chi connectivity index (χ3n) is 3.18. The third-order valence-corrected chi connectivity index (χ3v) is 3.18. The second kappa shape index (κ2) is 9.04. The highest BCUT2D eigenvalue weighted by Crippen LogP contribution is 2.14. The first-order valence-electron chi connectivity index (χ1n) is 7.19. The summed E-state index contributed by atoms with van der Waals surface area (Å²) in [4.78, 5) is 22.4. The summed E-state index contributed by atoms with van der Waals surface area (Å²) in [5, 5.41) is 11.4. The Balaban J connectivity index is 2.38. The van der Waals surface area contributed by atoms with E-state index in [1.165, 1.54) is 0 Å². The van der Waals surface area contributed by atoms with Crippen LogP contribution >= 0.6 is 0 Å². The summed E-state index contributed by atoms with van der Waals surface area (Å²) in [6.45, 7) is 3.74. The zero-order valence-electron chi connectivity index (χ0n) is 13.2. The number of carboxylic acid groups (broad SMARTS) is 1. The predicted molar refractivity (Wildman–Crippen MR) is 81.7 cm³/mol. The van der Waals surface area contributed by atoms with Crippen molar-refractivity contribution in [2.24, 2.45) is 0 Å². The monoisotopic (exact) mass is 309 g/mol. The van der Waals surface area contributed by atoms with E-state index in [1.807, 2.05) is 24.3 Å². The normalized spacial score (nSPS) is 13.2. The number of ether oxygens (including phenoxy) is 2. The molecule has 0 fully saturated rings. The van der Waals surface area contributed by atoms with Gasteiger partial charge >= 0.3 is 5.97 Å². The van der Waals surface area contributed by atoms with Crippen LogP contribution in [0.1, 0.15) is 32.3 Å². The van der Waals surface area contributed by atoms with Crippen molar-refractivity contribution in [1.82, 2.24) is 5.32 Å². The minimum atomic E-state index is -0.872. The summed E-state index contributed by atoms with van der Waals surface area (Å²) >= 11 is 0. The molecule has 2 N–H and O–H groups in total.